The molecule has 0 spiro atoms. The minimum atomic E-state index is -2.89. The van der Waals surface area contributed by atoms with E-state index in [0.29, 0.717) is 12.1 Å². The second-order valence-corrected chi connectivity index (χ2v) is 6.11. The number of alkyl halides is 2. The third-order valence-corrected chi connectivity index (χ3v) is 4.14. The van der Waals surface area contributed by atoms with Gasteiger partial charge in [-0.3, -0.25) is 9.67 Å². The van der Waals surface area contributed by atoms with Gasteiger partial charge in [-0.25, -0.2) is 8.78 Å². The Kier molecular flexibility index (Phi) is 3.91. The van der Waals surface area contributed by atoms with Crippen molar-refractivity contribution in [3.05, 3.63) is 72.3 Å². The zero-order valence-electron chi connectivity index (χ0n) is 14.0. The zero-order valence-corrected chi connectivity index (χ0v) is 14.0. The second kappa shape index (κ2) is 6.25. The van der Waals surface area contributed by atoms with Gasteiger partial charge in [-0.05, 0) is 29.8 Å². The second-order valence-electron chi connectivity index (χ2n) is 6.11. The van der Waals surface area contributed by atoms with Gasteiger partial charge in [0.05, 0.1) is 24.0 Å². The Morgan fingerprint density at radius 1 is 1.04 bits per heavy atom. The fourth-order valence-electron chi connectivity index (χ4n) is 2.78. The monoisotopic (exact) mass is 351 g/mol. The quantitative estimate of drug-likeness (QED) is 0.557. The number of rotatable bonds is 4. The molecule has 0 amide bonds. The van der Waals surface area contributed by atoms with Crippen LogP contribution in [0.25, 0.3) is 22.2 Å². The molecule has 5 nitrogen and oxygen atoms in total. The molecule has 0 atom stereocenters. The van der Waals surface area contributed by atoms with Crippen LogP contribution in [0.2, 0.25) is 0 Å². The summed E-state index contributed by atoms with van der Waals surface area (Å²) in [5.41, 5.74) is 3.73. The van der Waals surface area contributed by atoms with Crippen molar-refractivity contribution in [1.82, 2.24) is 25.0 Å². The summed E-state index contributed by atoms with van der Waals surface area (Å²) in [5, 5.41) is 12.3. The van der Waals surface area contributed by atoms with Crippen LogP contribution < -0.4 is 0 Å². The highest BCUT2D eigenvalue weighted by Crippen LogP contribution is 2.31. The molecule has 0 radical (unpaired) electrons. The van der Waals surface area contributed by atoms with Crippen molar-refractivity contribution in [3.8, 4) is 11.1 Å². The van der Waals surface area contributed by atoms with Crippen molar-refractivity contribution in [1.29, 1.82) is 0 Å². The predicted molar refractivity (Wildman–Crippen MR) is 93.7 cm³/mol. The highest BCUT2D eigenvalue weighted by Gasteiger charge is 2.24. The molecule has 0 aliphatic rings. The molecular weight excluding hydrogens is 336 g/mol. The van der Waals surface area contributed by atoms with Crippen LogP contribution >= 0.6 is 0 Å². The van der Waals surface area contributed by atoms with E-state index in [1.165, 1.54) is 12.1 Å². The summed E-state index contributed by atoms with van der Waals surface area (Å²) < 4.78 is 29.0. The van der Waals surface area contributed by atoms with Gasteiger partial charge >= 0.3 is 0 Å². The van der Waals surface area contributed by atoms with E-state index in [4.69, 9.17) is 0 Å². The van der Waals surface area contributed by atoms with E-state index in [1.807, 2.05) is 18.2 Å². The van der Waals surface area contributed by atoms with Gasteiger partial charge in [-0.15, -0.1) is 0 Å². The molecule has 0 N–H and O–H groups in total. The van der Waals surface area contributed by atoms with E-state index in [-0.39, 0.29) is 5.56 Å². The maximum atomic E-state index is 13.6. The molecule has 1 aromatic carbocycles. The maximum absolute atomic E-state index is 13.6. The number of fused-ring (bicyclic) bond motifs is 1. The van der Waals surface area contributed by atoms with Crippen molar-refractivity contribution >= 4 is 11.0 Å². The van der Waals surface area contributed by atoms with Crippen LogP contribution in [0.4, 0.5) is 8.78 Å². The Morgan fingerprint density at radius 2 is 1.92 bits per heavy atom. The van der Waals surface area contributed by atoms with Crippen LogP contribution in [0.1, 0.15) is 18.2 Å². The lowest BCUT2D eigenvalue weighted by Crippen LogP contribution is -2.06. The van der Waals surface area contributed by atoms with Gasteiger partial charge < -0.3 is 0 Å². The van der Waals surface area contributed by atoms with Gasteiger partial charge in [-0.1, -0.05) is 18.2 Å². The molecule has 0 unspecified atom stereocenters. The molecule has 0 saturated carbocycles. The molecule has 0 aliphatic heterocycles. The Bertz CT molecular complexity index is 1050. The lowest BCUT2D eigenvalue weighted by atomic mass is 10.0. The fourth-order valence-corrected chi connectivity index (χ4v) is 2.78. The van der Waals surface area contributed by atoms with Crippen LogP contribution in [0.15, 0.2) is 61.1 Å². The summed E-state index contributed by atoms with van der Waals surface area (Å²) in [6, 6.07) is 11.9. The number of hydrogen-bond donors (Lipinski definition) is 0. The zero-order chi connectivity index (χ0) is 18.1. The van der Waals surface area contributed by atoms with Crippen LogP contribution in [-0.2, 0) is 12.5 Å². The third kappa shape index (κ3) is 3.15. The Morgan fingerprint density at radius 3 is 2.69 bits per heavy atom. The molecule has 0 fully saturated rings. The normalized spacial score (nSPS) is 11.8. The molecule has 0 aliphatic carbocycles. The highest BCUT2D eigenvalue weighted by molar-refractivity contribution is 5.80. The fraction of sp³-hybridized carbons (Fsp3) is 0.158. The van der Waals surface area contributed by atoms with E-state index in [2.05, 4.69) is 20.3 Å². The summed E-state index contributed by atoms with van der Waals surface area (Å²) in [5.74, 6) is -2.89. The summed E-state index contributed by atoms with van der Waals surface area (Å²) in [7, 11) is 0. The summed E-state index contributed by atoms with van der Waals surface area (Å²) >= 11 is 0. The first-order valence-corrected chi connectivity index (χ1v) is 8.07. The predicted octanol–water partition coefficient (Wildman–Crippen LogP) is 4.05. The summed E-state index contributed by atoms with van der Waals surface area (Å²) in [4.78, 5) is 4.40. The topological polar surface area (TPSA) is 56.5 Å². The lowest BCUT2D eigenvalue weighted by Gasteiger charge is -2.12. The molecule has 0 bridgehead atoms. The van der Waals surface area contributed by atoms with Crippen LogP contribution in [-0.4, -0.2) is 25.0 Å². The van der Waals surface area contributed by atoms with Crippen LogP contribution in [0, 0.1) is 0 Å². The number of nitrogens with zero attached hydrogens (tertiary/aromatic N) is 5. The SMILES string of the molecule is CC(F)(F)c1cccc(-c2cnc3cnn(Cc4cccnn4)c3c2)c1. The van der Waals surface area contributed by atoms with E-state index < -0.39 is 5.92 Å². The number of benzene rings is 1. The van der Waals surface area contributed by atoms with E-state index in [0.717, 1.165) is 29.2 Å². The average molecular weight is 351 g/mol. The van der Waals surface area contributed by atoms with Gasteiger partial charge in [0.15, 0.2) is 0 Å². The average Bonchev–Trinajstić information content (AvgIpc) is 3.04. The molecule has 0 saturated heterocycles. The van der Waals surface area contributed by atoms with E-state index >= 15 is 0 Å². The Labute approximate surface area is 148 Å². The first-order valence-electron chi connectivity index (χ1n) is 8.07. The van der Waals surface area contributed by atoms with Gasteiger partial charge in [0.2, 0.25) is 0 Å². The smallest absolute Gasteiger partial charge is 0.257 e. The highest BCUT2D eigenvalue weighted by atomic mass is 19.3. The van der Waals surface area contributed by atoms with Gasteiger partial charge in [-0.2, -0.15) is 15.3 Å². The molecule has 130 valence electrons. The summed E-state index contributed by atoms with van der Waals surface area (Å²) in [6.07, 6.45) is 4.95. The number of halogens is 2. The van der Waals surface area contributed by atoms with Crippen molar-refractivity contribution < 1.29 is 8.78 Å². The van der Waals surface area contributed by atoms with Crippen LogP contribution in [0.3, 0.4) is 0 Å². The van der Waals surface area contributed by atoms with Crippen molar-refractivity contribution in [2.45, 2.75) is 19.4 Å². The van der Waals surface area contributed by atoms with Gasteiger partial charge in [0, 0.05) is 30.4 Å². The number of hydrogen-bond acceptors (Lipinski definition) is 4. The minimum Gasteiger partial charge on any atom is -0.257 e. The number of aromatic nitrogens is 5. The molecule has 3 aromatic heterocycles. The van der Waals surface area contributed by atoms with Crippen molar-refractivity contribution in [3.63, 3.8) is 0 Å². The largest absolute Gasteiger partial charge is 0.270 e. The molecule has 4 rings (SSSR count). The molecular formula is C19H15F2N5. The summed E-state index contributed by atoms with van der Waals surface area (Å²) in [6.45, 7) is 1.35. The molecule has 7 heteroatoms. The minimum absolute atomic E-state index is 0.0248. The van der Waals surface area contributed by atoms with Gasteiger partial charge in [0.25, 0.3) is 5.92 Å². The molecule has 3 heterocycles. The Hall–Kier alpha value is -3.22. The van der Waals surface area contributed by atoms with E-state index in [1.54, 1.807) is 35.4 Å². The van der Waals surface area contributed by atoms with Crippen LogP contribution in [0.5, 0.6) is 0 Å². The lowest BCUT2D eigenvalue weighted by molar-refractivity contribution is 0.0175. The first kappa shape index (κ1) is 16.3. The maximum Gasteiger partial charge on any atom is 0.270 e. The van der Waals surface area contributed by atoms with Crippen molar-refractivity contribution in [2.75, 3.05) is 0 Å². The molecule has 4 aromatic rings. The van der Waals surface area contributed by atoms with Crippen molar-refractivity contribution in [2.24, 2.45) is 0 Å². The standard InChI is InChI=1S/C19H15F2N5/c1-19(20,21)15-5-2-4-13(8-15)14-9-18-17(22-10-14)11-24-26(18)12-16-6-3-7-23-25-16/h2-11H,12H2,1H3. The first-order chi connectivity index (χ1) is 12.5. The molecule has 26 heavy (non-hydrogen) atoms. The third-order valence-electron chi connectivity index (χ3n) is 4.14. The number of pyridine rings is 1. The van der Waals surface area contributed by atoms with E-state index in [9.17, 15) is 8.78 Å². The van der Waals surface area contributed by atoms with Gasteiger partial charge in [0.1, 0.15) is 5.52 Å². The Balaban J connectivity index is 1.75.